The summed E-state index contributed by atoms with van der Waals surface area (Å²) in [4.78, 5) is 2.43. The fourth-order valence-corrected chi connectivity index (χ4v) is 2.00. The first kappa shape index (κ1) is 11.0. The molecule has 2 heteroatoms. The molecular formula is C14H17NO. The van der Waals surface area contributed by atoms with E-state index in [1.54, 1.807) is 0 Å². The lowest BCUT2D eigenvalue weighted by Gasteiger charge is -2.15. The van der Waals surface area contributed by atoms with Crippen molar-refractivity contribution in [2.45, 2.75) is 12.8 Å². The van der Waals surface area contributed by atoms with Crippen LogP contribution in [0.15, 0.2) is 24.3 Å². The van der Waals surface area contributed by atoms with E-state index in [0.29, 0.717) is 0 Å². The molecule has 0 unspecified atom stereocenters. The van der Waals surface area contributed by atoms with Crippen molar-refractivity contribution >= 4 is 0 Å². The Morgan fingerprint density at radius 1 is 1.25 bits per heavy atom. The molecule has 2 nitrogen and oxygen atoms in total. The molecule has 1 saturated heterocycles. The second kappa shape index (κ2) is 5.58. The minimum absolute atomic E-state index is 0.721. The van der Waals surface area contributed by atoms with E-state index >= 15 is 0 Å². The number of ether oxygens (including phenoxy) is 1. The van der Waals surface area contributed by atoms with E-state index in [4.69, 9.17) is 11.2 Å². The Labute approximate surface area is 97.2 Å². The molecule has 84 valence electrons. The predicted octanol–water partition coefficient (Wildman–Crippen LogP) is 2.14. The van der Waals surface area contributed by atoms with E-state index in [2.05, 4.69) is 10.8 Å². The summed E-state index contributed by atoms with van der Waals surface area (Å²) in [6.07, 6.45) is 8.04. The molecular weight excluding hydrogens is 198 g/mol. The fourth-order valence-electron chi connectivity index (χ4n) is 2.00. The third kappa shape index (κ3) is 2.77. The van der Waals surface area contributed by atoms with E-state index < -0.39 is 0 Å². The van der Waals surface area contributed by atoms with Crippen LogP contribution in [0.5, 0.6) is 5.75 Å². The second-order valence-electron chi connectivity index (χ2n) is 4.04. The summed E-state index contributed by atoms with van der Waals surface area (Å²) >= 11 is 0. The van der Waals surface area contributed by atoms with Gasteiger partial charge in [-0.25, -0.2) is 0 Å². The molecule has 0 saturated carbocycles. The topological polar surface area (TPSA) is 12.5 Å². The molecule has 0 amide bonds. The van der Waals surface area contributed by atoms with Crippen molar-refractivity contribution in [3.05, 3.63) is 29.8 Å². The van der Waals surface area contributed by atoms with Gasteiger partial charge in [0.25, 0.3) is 0 Å². The van der Waals surface area contributed by atoms with E-state index in [1.165, 1.54) is 25.9 Å². The van der Waals surface area contributed by atoms with Gasteiger partial charge in [0.2, 0.25) is 0 Å². The van der Waals surface area contributed by atoms with Crippen LogP contribution in [0.25, 0.3) is 0 Å². The van der Waals surface area contributed by atoms with Crippen molar-refractivity contribution in [3.8, 4) is 18.1 Å². The summed E-state index contributed by atoms with van der Waals surface area (Å²) in [5.41, 5.74) is 0.837. The summed E-state index contributed by atoms with van der Waals surface area (Å²) in [6, 6.07) is 7.72. The third-order valence-electron chi connectivity index (χ3n) is 2.91. The number of hydrogen-bond donors (Lipinski definition) is 0. The van der Waals surface area contributed by atoms with Crippen LogP contribution in [0.2, 0.25) is 0 Å². The molecule has 0 bridgehead atoms. The molecule has 1 aromatic rings. The molecule has 1 heterocycles. The number of likely N-dealkylation sites (tertiary alicyclic amines) is 1. The van der Waals surface area contributed by atoms with E-state index in [0.717, 1.165) is 24.5 Å². The Hall–Kier alpha value is -1.46. The van der Waals surface area contributed by atoms with Gasteiger partial charge in [-0.2, -0.15) is 0 Å². The highest BCUT2D eigenvalue weighted by molar-refractivity contribution is 5.44. The van der Waals surface area contributed by atoms with Crippen molar-refractivity contribution in [3.63, 3.8) is 0 Å². The van der Waals surface area contributed by atoms with Gasteiger partial charge in [0, 0.05) is 6.54 Å². The smallest absolute Gasteiger partial charge is 0.134 e. The van der Waals surface area contributed by atoms with Gasteiger partial charge in [-0.3, -0.25) is 4.90 Å². The van der Waals surface area contributed by atoms with Crippen molar-refractivity contribution in [2.24, 2.45) is 0 Å². The predicted molar refractivity (Wildman–Crippen MR) is 65.5 cm³/mol. The summed E-state index contributed by atoms with van der Waals surface area (Å²) in [5, 5.41) is 0. The maximum Gasteiger partial charge on any atom is 0.134 e. The highest BCUT2D eigenvalue weighted by Gasteiger charge is 2.10. The van der Waals surface area contributed by atoms with Gasteiger partial charge in [0.05, 0.1) is 5.56 Å². The van der Waals surface area contributed by atoms with Gasteiger partial charge < -0.3 is 4.74 Å². The van der Waals surface area contributed by atoms with Crippen LogP contribution in [-0.4, -0.2) is 31.1 Å². The molecule has 0 radical (unpaired) electrons. The van der Waals surface area contributed by atoms with Gasteiger partial charge in [-0.15, -0.1) is 6.42 Å². The number of hydrogen-bond acceptors (Lipinski definition) is 2. The summed E-state index contributed by atoms with van der Waals surface area (Å²) in [7, 11) is 0. The largest absolute Gasteiger partial charge is 0.491 e. The molecule has 1 aromatic carbocycles. The zero-order valence-electron chi connectivity index (χ0n) is 9.48. The van der Waals surface area contributed by atoms with Gasteiger partial charge in [0.1, 0.15) is 12.4 Å². The summed E-state index contributed by atoms with van der Waals surface area (Å²) in [5.74, 6) is 3.46. The SMILES string of the molecule is C#Cc1ccccc1OCCN1CCCC1. The standard InChI is InChI=1S/C14H17NO/c1-2-13-7-3-4-8-14(13)16-12-11-15-9-5-6-10-15/h1,3-4,7-8H,5-6,9-12H2. The lowest BCUT2D eigenvalue weighted by atomic mass is 10.2. The monoisotopic (exact) mass is 215 g/mol. The number of nitrogens with zero attached hydrogens (tertiary/aromatic N) is 1. The minimum Gasteiger partial charge on any atom is -0.491 e. The van der Waals surface area contributed by atoms with Crippen molar-refractivity contribution in [1.82, 2.24) is 4.90 Å². The molecule has 0 aliphatic carbocycles. The lowest BCUT2D eigenvalue weighted by Crippen LogP contribution is -2.25. The molecule has 2 rings (SSSR count). The second-order valence-corrected chi connectivity index (χ2v) is 4.04. The quantitative estimate of drug-likeness (QED) is 0.713. The Morgan fingerprint density at radius 3 is 2.75 bits per heavy atom. The molecule has 1 aliphatic heterocycles. The van der Waals surface area contributed by atoms with Gasteiger partial charge in [-0.1, -0.05) is 18.1 Å². The number of benzene rings is 1. The van der Waals surface area contributed by atoms with Crippen LogP contribution in [0.3, 0.4) is 0 Å². The molecule has 1 fully saturated rings. The third-order valence-corrected chi connectivity index (χ3v) is 2.91. The normalized spacial score (nSPS) is 15.9. The van der Waals surface area contributed by atoms with E-state index in [1.807, 2.05) is 24.3 Å². The van der Waals surface area contributed by atoms with Crippen LogP contribution in [-0.2, 0) is 0 Å². The first-order valence-corrected chi connectivity index (χ1v) is 5.81. The van der Waals surface area contributed by atoms with Crippen molar-refractivity contribution in [1.29, 1.82) is 0 Å². The number of para-hydroxylation sites is 1. The molecule has 0 spiro atoms. The minimum atomic E-state index is 0.721. The highest BCUT2D eigenvalue weighted by atomic mass is 16.5. The summed E-state index contributed by atoms with van der Waals surface area (Å²) < 4.78 is 5.71. The molecule has 0 atom stereocenters. The van der Waals surface area contributed by atoms with Crippen LogP contribution in [0, 0.1) is 12.3 Å². The number of terminal acetylenes is 1. The zero-order chi connectivity index (χ0) is 11.2. The molecule has 1 aliphatic rings. The maximum atomic E-state index is 5.71. The highest BCUT2D eigenvalue weighted by Crippen LogP contribution is 2.16. The lowest BCUT2D eigenvalue weighted by molar-refractivity contribution is 0.237. The van der Waals surface area contributed by atoms with Crippen molar-refractivity contribution < 1.29 is 4.74 Å². The van der Waals surface area contributed by atoms with Gasteiger partial charge in [0.15, 0.2) is 0 Å². The number of rotatable bonds is 4. The Balaban J connectivity index is 1.82. The summed E-state index contributed by atoms with van der Waals surface area (Å²) in [6.45, 7) is 4.14. The average molecular weight is 215 g/mol. The first-order valence-electron chi connectivity index (χ1n) is 5.81. The first-order chi connectivity index (χ1) is 7.90. The zero-order valence-corrected chi connectivity index (χ0v) is 9.48. The Kier molecular flexibility index (Phi) is 3.85. The van der Waals surface area contributed by atoms with E-state index in [9.17, 15) is 0 Å². The maximum absolute atomic E-state index is 5.71. The van der Waals surface area contributed by atoms with Crippen molar-refractivity contribution in [2.75, 3.05) is 26.2 Å². The van der Waals surface area contributed by atoms with Crippen LogP contribution in [0.1, 0.15) is 18.4 Å². The van der Waals surface area contributed by atoms with Crippen LogP contribution in [0.4, 0.5) is 0 Å². The molecule has 0 N–H and O–H groups in total. The van der Waals surface area contributed by atoms with Crippen LogP contribution < -0.4 is 4.74 Å². The van der Waals surface area contributed by atoms with Gasteiger partial charge >= 0.3 is 0 Å². The fraction of sp³-hybridized carbons (Fsp3) is 0.429. The Morgan fingerprint density at radius 2 is 2.00 bits per heavy atom. The Bertz CT molecular complexity index is 375. The molecule has 0 aromatic heterocycles. The molecule has 16 heavy (non-hydrogen) atoms. The average Bonchev–Trinajstić information content (AvgIpc) is 2.83. The van der Waals surface area contributed by atoms with Crippen LogP contribution >= 0.6 is 0 Å². The van der Waals surface area contributed by atoms with E-state index in [-0.39, 0.29) is 0 Å². The van der Waals surface area contributed by atoms with Gasteiger partial charge in [-0.05, 0) is 38.1 Å².